The molecule has 3 aromatic rings. The molecular weight excluding hydrogens is 402 g/mol. The highest BCUT2D eigenvalue weighted by atomic mass is 32.1. The Kier molecular flexibility index (Phi) is 5.01. The minimum Gasteiger partial charge on any atom is -0.342 e. The highest BCUT2D eigenvalue weighted by Crippen LogP contribution is 2.34. The van der Waals surface area contributed by atoms with Crippen LogP contribution in [0, 0.1) is 18.8 Å². The van der Waals surface area contributed by atoms with Gasteiger partial charge in [-0.1, -0.05) is 11.3 Å². The third kappa shape index (κ3) is 3.49. The van der Waals surface area contributed by atoms with Gasteiger partial charge in [0.25, 0.3) is 5.91 Å². The van der Waals surface area contributed by atoms with E-state index in [1.165, 1.54) is 11.3 Å². The molecule has 3 aromatic heterocycles. The second kappa shape index (κ2) is 7.82. The number of nitrogens with one attached hydrogen (secondary N) is 1. The Balaban J connectivity index is 1.11. The topological polar surface area (TPSA) is 99.5 Å². The van der Waals surface area contributed by atoms with Crippen LogP contribution in [-0.2, 0) is 11.2 Å². The van der Waals surface area contributed by atoms with Gasteiger partial charge in [0.2, 0.25) is 5.91 Å². The van der Waals surface area contributed by atoms with Gasteiger partial charge in [0.05, 0.1) is 11.9 Å². The Hall–Kier alpha value is -2.75. The van der Waals surface area contributed by atoms with E-state index in [0.29, 0.717) is 18.3 Å². The molecule has 5 heterocycles. The number of amides is 2. The van der Waals surface area contributed by atoms with Crippen molar-refractivity contribution in [3.63, 3.8) is 0 Å². The largest absolute Gasteiger partial charge is 0.342 e. The molecule has 30 heavy (non-hydrogen) atoms. The Morgan fingerprint density at radius 1 is 1.17 bits per heavy atom. The fraction of sp³-hybridized carbons (Fsp3) is 0.550. The maximum Gasteiger partial charge on any atom is 0.265 e. The van der Waals surface area contributed by atoms with E-state index >= 15 is 0 Å². The lowest BCUT2D eigenvalue weighted by Gasteiger charge is -2.21. The first-order chi connectivity index (χ1) is 14.6. The molecular formula is C20H25N7O2S. The molecule has 2 aliphatic rings. The minimum absolute atomic E-state index is 0.100. The third-order valence-electron chi connectivity index (χ3n) is 6.35. The van der Waals surface area contributed by atoms with Crippen LogP contribution < -0.4 is 0 Å². The number of H-pyrrole nitrogens is 1. The number of aromatic amines is 1. The van der Waals surface area contributed by atoms with Crippen molar-refractivity contribution < 1.29 is 9.59 Å². The Bertz CT molecular complexity index is 1040. The van der Waals surface area contributed by atoms with E-state index in [-0.39, 0.29) is 11.8 Å². The number of likely N-dealkylation sites (tertiary alicyclic amines) is 2. The molecule has 9 nitrogen and oxygen atoms in total. The molecule has 2 fully saturated rings. The zero-order chi connectivity index (χ0) is 20.7. The van der Waals surface area contributed by atoms with Crippen molar-refractivity contribution in [2.45, 2.75) is 32.6 Å². The average molecular weight is 428 g/mol. The number of imidazole rings is 1. The highest BCUT2D eigenvalue weighted by molar-refractivity contribution is 7.19. The predicted molar refractivity (Wildman–Crippen MR) is 111 cm³/mol. The maximum atomic E-state index is 13.1. The van der Waals surface area contributed by atoms with Crippen molar-refractivity contribution in [2.24, 2.45) is 11.8 Å². The first-order valence-corrected chi connectivity index (χ1v) is 11.3. The molecule has 158 valence electrons. The summed E-state index contributed by atoms with van der Waals surface area (Å²) in [7, 11) is 0. The number of unbranched alkanes of at least 4 members (excludes halogenated alkanes) is 1. The van der Waals surface area contributed by atoms with Crippen LogP contribution in [0.25, 0.3) is 4.96 Å². The van der Waals surface area contributed by atoms with Gasteiger partial charge in [-0.2, -0.15) is 15.4 Å². The first kappa shape index (κ1) is 19.2. The standard InChI is InChI=1S/C20H25N7O2S/c1-13-18(30-20-21-6-7-27(13)20)19(29)26-11-14-9-25(10-15(14)12-26)17(28)5-3-2-4-16-8-22-24-23-16/h6-8,14-15H,2-5,9-12H2,1H3,(H,22,23,24)/t14-,15+. The molecule has 0 aliphatic carbocycles. The number of thiazole rings is 1. The number of fused-ring (bicyclic) bond motifs is 2. The van der Waals surface area contributed by atoms with Crippen LogP contribution in [0.1, 0.15) is 40.3 Å². The van der Waals surface area contributed by atoms with Crippen molar-refractivity contribution in [3.05, 3.63) is 34.9 Å². The Labute approximate surface area is 178 Å². The first-order valence-electron chi connectivity index (χ1n) is 10.4. The number of hydrogen-bond donors (Lipinski definition) is 1. The number of hydrogen-bond acceptors (Lipinski definition) is 6. The highest BCUT2D eigenvalue weighted by Gasteiger charge is 2.43. The summed E-state index contributed by atoms with van der Waals surface area (Å²) in [5.41, 5.74) is 1.90. The number of carbonyl (C=O) groups is 2. The van der Waals surface area contributed by atoms with E-state index < -0.39 is 0 Å². The lowest BCUT2D eigenvalue weighted by atomic mass is 10.0. The number of carbonyl (C=O) groups excluding carboxylic acids is 2. The van der Waals surface area contributed by atoms with Crippen LogP contribution in [-0.4, -0.2) is 72.6 Å². The molecule has 2 amide bonds. The van der Waals surface area contributed by atoms with E-state index in [2.05, 4.69) is 20.4 Å². The van der Waals surface area contributed by atoms with E-state index in [1.807, 2.05) is 27.3 Å². The summed E-state index contributed by atoms with van der Waals surface area (Å²) in [5, 5.41) is 10.4. The van der Waals surface area contributed by atoms with Gasteiger partial charge in [0.15, 0.2) is 4.96 Å². The van der Waals surface area contributed by atoms with Gasteiger partial charge in [-0.25, -0.2) is 4.98 Å². The summed E-state index contributed by atoms with van der Waals surface area (Å²) in [6, 6.07) is 0. The number of aryl methyl sites for hydroxylation is 2. The van der Waals surface area contributed by atoms with Gasteiger partial charge in [0.1, 0.15) is 4.88 Å². The Morgan fingerprint density at radius 3 is 2.63 bits per heavy atom. The lowest BCUT2D eigenvalue weighted by Crippen LogP contribution is -2.35. The second-order valence-electron chi connectivity index (χ2n) is 8.29. The molecule has 10 heteroatoms. The minimum atomic E-state index is 0.100. The van der Waals surface area contributed by atoms with Crippen LogP contribution in [0.3, 0.4) is 0 Å². The Morgan fingerprint density at radius 2 is 1.93 bits per heavy atom. The number of rotatable bonds is 6. The van der Waals surface area contributed by atoms with Crippen molar-refractivity contribution >= 4 is 28.1 Å². The van der Waals surface area contributed by atoms with Gasteiger partial charge in [-0.3, -0.25) is 14.0 Å². The molecule has 0 spiro atoms. The summed E-state index contributed by atoms with van der Waals surface area (Å²) in [6.45, 7) is 4.98. The van der Waals surface area contributed by atoms with Crippen molar-refractivity contribution in [1.29, 1.82) is 0 Å². The number of nitrogens with zero attached hydrogens (tertiary/aromatic N) is 6. The molecule has 0 radical (unpaired) electrons. The predicted octanol–water partition coefficient (Wildman–Crippen LogP) is 1.77. The molecule has 5 rings (SSSR count). The van der Waals surface area contributed by atoms with Gasteiger partial charge < -0.3 is 9.80 Å². The van der Waals surface area contributed by atoms with Gasteiger partial charge in [-0.05, 0) is 26.2 Å². The van der Waals surface area contributed by atoms with E-state index in [0.717, 1.165) is 66.7 Å². The van der Waals surface area contributed by atoms with E-state index in [1.54, 1.807) is 12.4 Å². The summed E-state index contributed by atoms with van der Waals surface area (Å²) >= 11 is 1.45. The van der Waals surface area contributed by atoms with Crippen LogP contribution in [0.4, 0.5) is 0 Å². The summed E-state index contributed by atoms with van der Waals surface area (Å²) in [6.07, 6.45) is 8.60. The van der Waals surface area contributed by atoms with E-state index in [4.69, 9.17) is 0 Å². The SMILES string of the molecule is Cc1c(C(=O)N2C[C@H]3CN(C(=O)CCCCc4cn[nH]n4)C[C@H]3C2)sc2nccn12. The average Bonchev–Trinajstić information content (AvgIpc) is 3.52. The van der Waals surface area contributed by atoms with Crippen molar-refractivity contribution in [1.82, 2.24) is 34.6 Å². The summed E-state index contributed by atoms with van der Waals surface area (Å²) < 4.78 is 1.97. The molecule has 0 aromatic carbocycles. The summed E-state index contributed by atoms with van der Waals surface area (Å²) in [5.74, 6) is 1.11. The normalized spacial score (nSPS) is 21.0. The van der Waals surface area contributed by atoms with Gasteiger partial charge in [-0.15, -0.1) is 0 Å². The van der Waals surface area contributed by atoms with Gasteiger partial charge >= 0.3 is 0 Å². The molecule has 2 atom stereocenters. The zero-order valence-corrected chi connectivity index (χ0v) is 17.8. The van der Waals surface area contributed by atoms with Crippen LogP contribution >= 0.6 is 11.3 Å². The molecule has 0 bridgehead atoms. The van der Waals surface area contributed by atoms with Crippen molar-refractivity contribution in [3.8, 4) is 0 Å². The van der Waals surface area contributed by atoms with Crippen LogP contribution in [0.15, 0.2) is 18.6 Å². The molecule has 0 saturated carbocycles. The fourth-order valence-electron chi connectivity index (χ4n) is 4.69. The zero-order valence-electron chi connectivity index (χ0n) is 17.0. The number of aromatic nitrogens is 5. The maximum absolute atomic E-state index is 13.1. The lowest BCUT2D eigenvalue weighted by molar-refractivity contribution is -0.130. The fourth-order valence-corrected chi connectivity index (χ4v) is 5.74. The van der Waals surface area contributed by atoms with Crippen LogP contribution in [0.2, 0.25) is 0 Å². The molecule has 2 saturated heterocycles. The monoisotopic (exact) mass is 427 g/mol. The summed E-state index contributed by atoms with van der Waals surface area (Å²) in [4.78, 5) is 35.5. The molecule has 0 unspecified atom stereocenters. The smallest absolute Gasteiger partial charge is 0.265 e. The third-order valence-corrected chi connectivity index (χ3v) is 7.51. The quantitative estimate of drug-likeness (QED) is 0.605. The molecule has 1 N–H and O–H groups in total. The molecule has 2 aliphatic heterocycles. The van der Waals surface area contributed by atoms with Crippen molar-refractivity contribution in [2.75, 3.05) is 26.2 Å². The van der Waals surface area contributed by atoms with E-state index in [9.17, 15) is 9.59 Å². The second-order valence-corrected chi connectivity index (χ2v) is 9.27. The van der Waals surface area contributed by atoms with Gasteiger partial charge in [0, 0.05) is 62.5 Å². The van der Waals surface area contributed by atoms with Crippen LogP contribution in [0.5, 0.6) is 0 Å².